The van der Waals surface area contributed by atoms with Crippen LogP contribution in [0, 0.1) is 0 Å². The van der Waals surface area contributed by atoms with Crippen molar-refractivity contribution in [3.05, 3.63) is 0 Å². The summed E-state index contributed by atoms with van der Waals surface area (Å²) in [5.74, 6) is -2.92. The fraction of sp³-hybridized carbons (Fsp3) is 0.917. The van der Waals surface area contributed by atoms with Crippen LogP contribution in [0.1, 0.15) is 129 Å². The second-order valence-corrected chi connectivity index (χ2v) is 8.14. The van der Waals surface area contributed by atoms with Crippen LogP contribution in [-0.2, 0) is 35.8 Å². The normalized spacial score (nSPS) is 12.3. The minimum absolute atomic E-state index is 0. The van der Waals surface area contributed by atoms with Crippen molar-refractivity contribution in [3.8, 4) is 0 Å². The standard InChI is InChI=1S/2C12H23O3.Zr/c2*1-2-3-4-5-6-7-8-9-10-11(13)12(14)15;/h2*11H,2-10H2,1H3,(H,14,15);/q2*-1;+4/p-2. The molecular weight excluding hydrogens is 475 g/mol. The molecule has 2 atom stereocenters. The van der Waals surface area contributed by atoms with Crippen LogP contribution in [0.5, 0.6) is 0 Å². The number of carbonyl (C=O) groups is 2. The Morgan fingerprint density at radius 1 is 0.516 bits per heavy atom. The fourth-order valence-electron chi connectivity index (χ4n) is 3.16. The van der Waals surface area contributed by atoms with E-state index in [1.54, 1.807) is 0 Å². The summed E-state index contributed by atoms with van der Waals surface area (Å²) in [6.45, 7) is 4.38. The van der Waals surface area contributed by atoms with Gasteiger partial charge in [0.1, 0.15) is 0 Å². The summed E-state index contributed by atoms with van der Waals surface area (Å²) >= 11 is 0. The maximum Gasteiger partial charge on any atom is 4.00 e. The molecule has 2 unspecified atom stereocenters. The molecule has 0 spiro atoms. The van der Waals surface area contributed by atoms with Crippen molar-refractivity contribution in [1.82, 2.24) is 0 Å². The molecule has 7 heteroatoms. The quantitative estimate of drug-likeness (QED) is 0.226. The topological polar surface area (TPSA) is 126 Å². The van der Waals surface area contributed by atoms with Crippen molar-refractivity contribution in [1.29, 1.82) is 0 Å². The van der Waals surface area contributed by atoms with Gasteiger partial charge in [-0.05, 0) is 0 Å². The van der Waals surface area contributed by atoms with Gasteiger partial charge in [0.15, 0.2) is 0 Å². The smallest absolute Gasteiger partial charge is 0.848 e. The molecule has 0 heterocycles. The SMILES string of the molecule is CCCCCCCCCCC([O-])C(=O)[O-].CCCCCCCCCCC([O-])C(=O)[O-].[Zr+4]. The van der Waals surface area contributed by atoms with E-state index in [-0.39, 0.29) is 39.0 Å². The van der Waals surface area contributed by atoms with Gasteiger partial charge in [-0.15, -0.1) is 0 Å². The van der Waals surface area contributed by atoms with Crippen molar-refractivity contribution < 1.29 is 56.2 Å². The van der Waals surface area contributed by atoms with Crippen molar-refractivity contribution in [2.45, 2.75) is 142 Å². The Kier molecular flexibility index (Phi) is 31.7. The molecule has 0 N–H and O–H groups in total. The van der Waals surface area contributed by atoms with E-state index in [2.05, 4.69) is 13.8 Å². The first-order chi connectivity index (χ1) is 14.4. The minimum atomic E-state index is -1.52. The Labute approximate surface area is 209 Å². The second kappa shape index (κ2) is 27.8. The van der Waals surface area contributed by atoms with Gasteiger partial charge in [0.2, 0.25) is 0 Å². The molecule has 0 amide bonds. The Morgan fingerprint density at radius 3 is 0.968 bits per heavy atom. The third-order valence-electron chi connectivity index (χ3n) is 5.17. The molecule has 0 fully saturated rings. The van der Waals surface area contributed by atoms with Crippen LogP contribution in [0.4, 0.5) is 0 Å². The number of aliphatic carboxylic acids is 2. The zero-order valence-electron chi connectivity index (χ0n) is 19.8. The Balaban J connectivity index is -0.000000490. The summed E-state index contributed by atoms with van der Waals surface area (Å²) in [6, 6.07) is 0. The van der Waals surface area contributed by atoms with Crippen LogP contribution in [0.15, 0.2) is 0 Å². The maximum atomic E-state index is 10.7. The molecule has 0 aliphatic rings. The number of unbranched alkanes of at least 4 members (excludes halogenated alkanes) is 14. The monoisotopic (exact) mass is 518 g/mol. The average molecular weight is 520 g/mol. The number of carbonyl (C=O) groups excluding carboxylic acids is 2. The predicted octanol–water partition coefficient (Wildman–Crippen LogP) is 1.99. The van der Waals surface area contributed by atoms with Crippen molar-refractivity contribution >= 4 is 11.9 Å². The largest absolute Gasteiger partial charge is 4.00 e. The molecule has 0 saturated carbocycles. The van der Waals surface area contributed by atoms with Gasteiger partial charge in [0.25, 0.3) is 0 Å². The van der Waals surface area contributed by atoms with Gasteiger partial charge in [-0.3, -0.25) is 0 Å². The van der Waals surface area contributed by atoms with E-state index in [1.165, 1.54) is 64.2 Å². The summed E-state index contributed by atoms with van der Waals surface area (Å²) in [5.41, 5.74) is 0. The molecule has 180 valence electrons. The van der Waals surface area contributed by atoms with E-state index in [1.807, 2.05) is 0 Å². The summed E-state index contributed by atoms with van der Waals surface area (Å²) in [6.07, 6.45) is 15.6. The van der Waals surface area contributed by atoms with Crippen LogP contribution in [0.2, 0.25) is 0 Å². The van der Waals surface area contributed by atoms with E-state index in [9.17, 15) is 30.0 Å². The van der Waals surface area contributed by atoms with Gasteiger partial charge in [-0.25, -0.2) is 0 Å². The second-order valence-electron chi connectivity index (χ2n) is 8.14. The van der Waals surface area contributed by atoms with Crippen LogP contribution in [0.25, 0.3) is 0 Å². The summed E-state index contributed by atoms with van der Waals surface area (Å²) in [5, 5.41) is 41.7. The number of rotatable bonds is 20. The van der Waals surface area contributed by atoms with Crippen LogP contribution in [0.3, 0.4) is 0 Å². The van der Waals surface area contributed by atoms with Gasteiger partial charge >= 0.3 is 26.2 Å². The van der Waals surface area contributed by atoms with Gasteiger partial charge in [-0.1, -0.05) is 142 Å². The number of hydrogen-bond donors (Lipinski definition) is 0. The molecule has 6 nitrogen and oxygen atoms in total. The predicted molar refractivity (Wildman–Crippen MR) is 112 cm³/mol. The molecule has 0 rings (SSSR count). The molecule has 0 radical (unpaired) electrons. The molecule has 0 aromatic heterocycles. The van der Waals surface area contributed by atoms with Gasteiger partial charge in [0, 0.05) is 11.9 Å². The van der Waals surface area contributed by atoms with E-state index in [4.69, 9.17) is 0 Å². The van der Waals surface area contributed by atoms with Crippen LogP contribution in [-0.4, -0.2) is 24.1 Å². The van der Waals surface area contributed by atoms with Gasteiger partial charge in [0.05, 0.1) is 0 Å². The third-order valence-corrected chi connectivity index (χ3v) is 5.17. The van der Waals surface area contributed by atoms with E-state index in [0.29, 0.717) is 0 Å². The molecule has 31 heavy (non-hydrogen) atoms. The molecule has 0 saturated heterocycles. The molecule has 0 aromatic rings. The van der Waals surface area contributed by atoms with Crippen LogP contribution < -0.4 is 20.4 Å². The Bertz CT molecular complexity index is 356. The van der Waals surface area contributed by atoms with Crippen molar-refractivity contribution in [2.24, 2.45) is 0 Å². The first-order valence-electron chi connectivity index (χ1n) is 12.1. The van der Waals surface area contributed by atoms with E-state index in [0.717, 1.165) is 38.5 Å². The maximum absolute atomic E-state index is 10.7. The first-order valence-corrected chi connectivity index (χ1v) is 12.1. The summed E-state index contributed by atoms with van der Waals surface area (Å²) in [4.78, 5) is 20.2. The third kappa shape index (κ3) is 29.7. The summed E-state index contributed by atoms with van der Waals surface area (Å²) in [7, 11) is 0. The average Bonchev–Trinajstić information content (AvgIpc) is 2.71. The molecular formula is C24H44O6Zr. The number of carboxylic acid groups (broad SMARTS) is 2. The zero-order chi connectivity index (χ0) is 23.0. The summed E-state index contributed by atoms with van der Waals surface area (Å²) < 4.78 is 0. The molecule has 0 aliphatic heterocycles. The molecule has 0 aliphatic carbocycles. The van der Waals surface area contributed by atoms with Crippen molar-refractivity contribution in [2.75, 3.05) is 0 Å². The minimum Gasteiger partial charge on any atom is -0.848 e. The Hall–Kier alpha value is -0.257. The van der Waals surface area contributed by atoms with Crippen molar-refractivity contribution in [3.63, 3.8) is 0 Å². The van der Waals surface area contributed by atoms with Gasteiger partial charge in [-0.2, -0.15) is 0 Å². The van der Waals surface area contributed by atoms with E-state index < -0.39 is 24.1 Å². The molecule has 0 bridgehead atoms. The van der Waals surface area contributed by atoms with Gasteiger partial charge < -0.3 is 30.0 Å². The van der Waals surface area contributed by atoms with E-state index >= 15 is 0 Å². The first kappa shape index (κ1) is 35.3. The fourth-order valence-corrected chi connectivity index (χ4v) is 3.16. The molecule has 0 aromatic carbocycles. The number of hydrogen-bond acceptors (Lipinski definition) is 6. The van der Waals surface area contributed by atoms with Crippen LogP contribution >= 0.6 is 0 Å². The Morgan fingerprint density at radius 2 is 0.742 bits per heavy atom. The zero-order valence-corrected chi connectivity index (χ0v) is 22.3. The number of carboxylic acids is 2.